The minimum absolute atomic E-state index is 0. The van der Waals surface area contributed by atoms with Crippen LogP contribution in [0.3, 0.4) is 0 Å². The topological polar surface area (TPSA) is 61.4 Å². The van der Waals surface area contributed by atoms with Crippen molar-refractivity contribution in [3.05, 3.63) is 54.7 Å². The van der Waals surface area contributed by atoms with Crippen molar-refractivity contribution in [3.8, 4) is 11.1 Å². The van der Waals surface area contributed by atoms with Crippen LogP contribution in [0.5, 0.6) is 0 Å². The van der Waals surface area contributed by atoms with Gasteiger partial charge in [-0.2, -0.15) is 0 Å². The molecule has 4 rings (SSSR count). The van der Waals surface area contributed by atoms with Gasteiger partial charge in [-0.25, -0.2) is 9.37 Å². The molecule has 7 heteroatoms. The molecule has 1 aliphatic rings. The molecule has 1 saturated heterocycles. The molecule has 0 unspecified atom stereocenters. The average Bonchev–Trinajstić information content (AvgIpc) is 2.69. The number of carbonyl (C=O) groups excluding carboxylic acids is 1. The molecular formula is C21H24FN5O. The summed E-state index contributed by atoms with van der Waals surface area (Å²) < 4.78 is 13.5. The lowest BCUT2D eigenvalue weighted by atomic mass is 10.0. The summed E-state index contributed by atoms with van der Waals surface area (Å²) in [6.45, 7) is 4.08. The molecule has 0 aliphatic carbocycles. The van der Waals surface area contributed by atoms with E-state index in [2.05, 4.69) is 32.1 Å². The lowest BCUT2D eigenvalue weighted by Crippen LogP contribution is -2.47. The van der Waals surface area contributed by atoms with Crippen molar-refractivity contribution in [2.75, 3.05) is 45.1 Å². The van der Waals surface area contributed by atoms with Gasteiger partial charge in [-0.15, -0.1) is 0 Å². The Morgan fingerprint density at radius 3 is 2.68 bits per heavy atom. The zero-order valence-electron chi connectivity index (χ0n) is 15.7. The smallest absolute Gasteiger partial charge is 0.239 e. The van der Waals surface area contributed by atoms with Gasteiger partial charge in [0.1, 0.15) is 11.6 Å². The molecule has 0 saturated carbocycles. The van der Waals surface area contributed by atoms with Crippen molar-refractivity contribution in [2.24, 2.45) is 0 Å². The summed E-state index contributed by atoms with van der Waals surface area (Å²) in [5.74, 6) is 0.0761. The molecular weight excluding hydrogens is 357 g/mol. The maximum Gasteiger partial charge on any atom is 0.239 e. The van der Waals surface area contributed by atoms with Crippen LogP contribution in [0.2, 0.25) is 0 Å². The number of benzene rings is 1. The number of fused-ring (bicyclic) bond motifs is 1. The molecule has 6 nitrogen and oxygen atoms in total. The lowest BCUT2D eigenvalue weighted by Gasteiger charge is -2.31. The van der Waals surface area contributed by atoms with E-state index in [1.54, 1.807) is 12.4 Å². The van der Waals surface area contributed by atoms with Crippen molar-refractivity contribution >= 4 is 22.5 Å². The van der Waals surface area contributed by atoms with Crippen LogP contribution >= 0.6 is 0 Å². The van der Waals surface area contributed by atoms with Crippen LogP contribution in [0.15, 0.2) is 48.9 Å². The molecule has 1 amide bonds. The number of likely N-dealkylation sites (N-methyl/N-ethyl adjacent to an activating group) is 1. The molecule has 0 atom stereocenters. The molecule has 28 heavy (non-hydrogen) atoms. The van der Waals surface area contributed by atoms with Crippen molar-refractivity contribution in [1.82, 2.24) is 19.8 Å². The molecule has 1 fully saturated rings. The Morgan fingerprint density at radius 1 is 1.07 bits per heavy atom. The number of carbonyl (C=O) groups is 1. The van der Waals surface area contributed by atoms with Gasteiger partial charge in [0.25, 0.3) is 0 Å². The van der Waals surface area contributed by atoms with E-state index in [1.165, 1.54) is 12.3 Å². The predicted octanol–water partition coefficient (Wildman–Crippen LogP) is 2.87. The maximum atomic E-state index is 13.5. The fraction of sp³-hybridized carbons (Fsp3) is 0.286. The highest BCUT2D eigenvalue weighted by Crippen LogP contribution is 2.25. The molecule has 2 aromatic heterocycles. The predicted molar refractivity (Wildman–Crippen MR) is 110 cm³/mol. The summed E-state index contributed by atoms with van der Waals surface area (Å²) in [5.41, 5.74) is 1.57. The van der Waals surface area contributed by atoms with Crippen LogP contribution in [0.1, 0.15) is 1.43 Å². The number of aromatic nitrogens is 2. The van der Waals surface area contributed by atoms with E-state index >= 15 is 0 Å². The molecule has 1 aromatic carbocycles. The first-order valence-electron chi connectivity index (χ1n) is 9.28. The number of rotatable bonds is 4. The number of anilines is 1. The number of nitrogens with zero attached hydrogens (tertiary/aromatic N) is 4. The fourth-order valence-corrected chi connectivity index (χ4v) is 3.35. The van der Waals surface area contributed by atoms with E-state index < -0.39 is 0 Å². The molecule has 1 N–H and O–H groups in total. The number of pyridine rings is 2. The van der Waals surface area contributed by atoms with E-state index in [0.717, 1.165) is 42.5 Å². The van der Waals surface area contributed by atoms with Gasteiger partial charge in [0, 0.05) is 50.9 Å². The van der Waals surface area contributed by atoms with Gasteiger partial charge in [0.15, 0.2) is 0 Å². The second-order valence-electron chi connectivity index (χ2n) is 7.15. The largest absolute Gasteiger partial charge is 0.310 e. The molecule has 0 bridgehead atoms. The molecule has 1 aliphatic heterocycles. The van der Waals surface area contributed by atoms with E-state index in [0.29, 0.717) is 17.9 Å². The average molecular weight is 381 g/mol. The second-order valence-corrected chi connectivity index (χ2v) is 7.15. The highest BCUT2D eigenvalue weighted by molar-refractivity contribution is 5.94. The Bertz CT molecular complexity index is 1010. The number of hydrogen-bond donors (Lipinski definition) is 1. The van der Waals surface area contributed by atoms with Crippen LogP contribution in [-0.2, 0) is 4.79 Å². The molecule has 146 valence electrons. The maximum absolute atomic E-state index is 13.5. The molecule has 3 aromatic rings. The van der Waals surface area contributed by atoms with Crippen molar-refractivity contribution < 1.29 is 10.6 Å². The van der Waals surface area contributed by atoms with Gasteiger partial charge in [-0.05, 0) is 36.2 Å². The normalized spacial score (nSPS) is 15.6. The first-order chi connectivity index (χ1) is 13.6. The lowest BCUT2D eigenvalue weighted by molar-refractivity contribution is -0.117. The highest BCUT2D eigenvalue weighted by Gasteiger charge is 2.16. The number of hydrogen-bond acceptors (Lipinski definition) is 5. The van der Waals surface area contributed by atoms with Crippen LogP contribution in [0.4, 0.5) is 10.2 Å². The molecule has 0 radical (unpaired) electrons. The Morgan fingerprint density at radius 2 is 1.89 bits per heavy atom. The summed E-state index contributed by atoms with van der Waals surface area (Å²) in [7, 11) is 2.09. The molecule has 3 heterocycles. The Balaban J connectivity index is 0.00000240. The van der Waals surface area contributed by atoms with Crippen molar-refractivity contribution in [2.45, 2.75) is 0 Å². The number of piperazine rings is 1. The number of halogens is 1. The monoisotopic (exact) mass is 381 g/mol. The third-order valence-corrected chi connectivity index (χ3v) is 4.99. The summed E-state index contributed by atoms with van der Waals surface area (Å²) in [4.78, 5) is 25.0. The van der Waals surface area contributed by atoms with E-state index in [4.69, 9.17) is 0 Å². The first kappa shape index (κ1) is 18.5. The van der Waals surface area contributed by atoms with Crippen LogP contribution in [0, 0.1) is 5.82 Å². The highest BCUT2D eigenvalue weighted by atomic mass is 19.1. The third-order valence-electron chi connectivity index (χ3n) is 4.99. The van der Waals surface area contributed by atoms with Crippen LogP contribution in [0.25, 0.3) is 21.9 Å². The van der Waals surface area contributed by atoms with Crippen LogP contribution in [-0.4, -0.2) is 65.4 Å². The second kappa shape index (κ2) is 8.00. The number of nitrogens with one attached hydrogen (secondary N) is 1. The minimum atomic E-state index is -0.371. The summed E-state index contributed by atoms with van der Waals surface area (Å²) >= 11 is 0. The van der Waals surface area contributed by atoms with Crippen molar-refractivity contribution in [1.29, 1.82) is 0 Å². The van der Waals surface area contributed by atoms with E-state index in [-0.39, 0.29) is 13.2 Å². The Kier molecular flexibility index (Phi) is 5.27. The van der Waals surface area contributed by atoms with Gasteiger partial charge < -0.3 is 10.2 Å². The summed E-state index contributed by atoms with van der Waals surface area (Å²) in [5, 5.41) is 4.76. The quantitative estimate of drug-likeness (QED) is 0.753. The fourth-order valence-electron chi connectivity index (χ4n) is 3.35. The van der Waals surface area contributed by atoms with Crippen LogP contribution < -0.4 is 5.32 Å². The zero-order chi connectivity index (χ0) is 19.5. The standard InChI is InChI=1S/C21H22FN5O.H2/c1-26-4-6-27(7-5-26)14-21(28)25-20-10-17-8-15(2-3-16(17)12-24-20)18-9-19(22)13-23-11-18;/h2-3,8-13H,4-7,14H2,1H3,(H,24,25,28);1H. The van der Waals surface area contributed by atoms with Crippen molar-refractivity contribution in [3.63, 3.8) is 0 Å². The SMILES string of the molecule is CN1CCN(CC(=O)Nc2cc3cc(-c4cncc(F)c4)ccc3cn2)CC1.[HH]. The Hall–Kier alpha value is -2.90. The molecule has 0 spiro atoms. The van der Waals surface area contributed by atoms with Gasteiger partial charge in [-0.3, -0.25) is 14.7 Å². The van der Waals surface area contributed by atoms with E-state index in [9.17, 15) is 9.18 Å². The van der Waals surface area contributed by atoms with Gasteiger partial charge in [0.05, 0.1) is 12.7 Å². The van der Waals surface area contributed by atoms with Gasteiger partial charge in [0.2, 0.25) is 5.91 Å². The van der Waals surface area contributed by atoms with Gasteiger partial charge in [-0.1, -0.05) is 12.1 Å². The third kappa shape index (κ3) is 4.32. The minimum Gasteiger partial charge on any atom is -0.310 e. The zero-order valence-corrected chi connectivity index (χ0v) is 15.7. The summed E-state index contributed by atoms with van der Waals surface area (Å²) in [6, 6.07) is 9.08. The number of amides is 1. The first-order valence-corrected chi connectivity index (χ1v) is 9.28. The summed E-state index contributed by atoms with van der Waals surface area (Å²) in [6.07, 6.45) is 4.54. The van der Waals surface area contributed by atoms with E-state index in [1.807, 2.05) is 24.3 Å². The van der Waals surface area contributed by atoms with Gasteiger partial charge >= 0.3 is 0 Å². The Labute approximate surface area is 164 Å².